The van der Waals surface area contributed by atoms with E-state index in [9.17, 15) is 4.79 Å². The molecule has 0 aliphatic carbocycles. The van der Waals surface area contributed by atoms with Crippen molar-refractivity contribution in [2.24, 2.45) is 5.92 Å². The third-order valence-corrected chi connectivity index (χ3v) is 3.61. The Morgan fingerprint density at radius 1 is 1.39 bits per heavy atom. The standard InChI is InChI=1S/C14H20N2O2/c1-10(2)12-3-4-13(15-9-12)16-7-5-11(6-8-16)14(17)18/h3-4,9-11H,5-8H2,1-2H3,(H,17,18). The number of pyridine rings is 1. The molecule has 2 rings (SSSR count). The van der Waals surface area contributed by atoms with E-state index in [0.717, 1.165) is 18.9 Å². The van der Waals surface area contributed by atoms with Crippen molar-refractivity contribution in [3.8, 4) is 0 Å². The molecule has 0 radical (unpaired) electrons. The first-order chi connectivity index (χ1) is 8.58. The van der Waals surface area contributed by atoms with Crippen LogP contribution in [0.3, 0.4) is 0 Å². The van der Waals surface area contributed by atoms with Crippen molar-refractivity contribution in [3.05, 3.63) is 23.9 Å². The summed E-state index contributed by atoms with van der Waals surface area (Å²) >= 11 is 0. The molecule has 4 heteroatoms. The highest BCUT2D eigenvalue weighted by atomic mass is 16.4. The first-order valence-corrected chi connectivity index (χ1v) is 6.51. The Balaban J connectivity index is 1.99. The van der Waals surface area contributed by atoms with Crippen LogP contribution >= 0.6 is 0 Å². The van der Waals surface area contributed by atoms with Crippen LogP contribution in [0.4, 0.5) is 5.82 Å². The van der Waals surface area contributed by atoms with Gasteiger partial charge in [-0.25, -0.2) is 4.98 Å². The van der Waals surface area contributed by atoms with Gasteiger partial charge in [0, 0.05) is 19.3 Å². The van der Waals surface area contributed by atoms with Crippen LogP contribution in [0.15, 0.2) is 18.3 Å². The number of aromatic nitrogens is 1. The van der Waals surface area contributed by atoms with E-state index in [2.05, 4.69) is 29.8 Å². The molecule has 1 fully saturated rings. The topological polar surface area (TPSA) is 53.4 Å². The van der Waals surface area contributed by atoms with Crippen LogP contribution < -0.4 is 4.90 Å². The van der Waals surface area contributed by atoms with Gasteiger partial charge in [0.1, 0.15) is 5.82 Å². The Labute approximate surface area is 108 Å². The smallest absolute Gasteiger partial charge is 0.306 e. The minimum Gasteiger partial charge on any atom is -0.481 e. The molecule has 1 N–H and O–H groups in total. The van der Waals surface area contributed by atoms with Crippen molar-refractivity contribution in [2.75, 3.05) is 18.0 Å². The molecule has 1 aliphatic heterocycles. The maximum absolute atomic E-state index is 10.9. The fourth-order valence-corrected chi connectivity index (χ4v) is 2.28. The molecular weight excluding hydrogens is 228 g/mol. The molecule has 1 saturated heterocycles. The number of carbonyl (C=O) groups is 1. The Bertz CT molecular complexity index is 406. The molecule has 0 aromatic carbocycles. The fraction of sp³-hybridized carbons (Fsp3) is 0.571. The van der Waals surface area contributed by atoms with Crippen molar-refractivity contribution >= 4 is 11.8 Å². The van der Waals surface area contributed by atoms with Gasteiger partial charge in [-0.05, 0) is 30.4 Å². The zero-order chi connectivity index (χ0) is 13.1. The van der Waals surface area contributed by atoms with Crippen molar-refractivity contribution in [1.82, 2.24) is 4.98 Å². The van der Waals surface area contributed by atoms with E-state index in [1.165, 1.54) is 5.56 Å². The molecule has 18 heavy (non-hydrogen) atoms. The van der Waals surface area contributed by atoms with E-state index in [4.69, 9.17) is 5.11 Å². The molecular formula is C14H20N2O2. The average Bonchev–Trinajstić information content (AvgIpc) is 2.39. The number of hydrogen-bond acceptors (Lipinski definition) is 3. The van der Waals surface area contributed by atoms with Crippen molar-refractivity contribution in [3.63, 3.8) is 0 Å². The van der Waals surface area contributed by atoms with Crippen LogP contribution in [-0.4, -0.2) is 29.1 Å². The highest BCUT2D eigenvalue weighted by molar-refractivity contribution is 5.70. The number of aliphatic carboxylic acids is 1. The second-order valence-corrected chi connectivity index (χ2v) is 5.20. The van der Waals surface area contributed by atoms with Gasteiger partial charge < -0.3 is 10.0 Å². The molecule has 1 aliphatic rings. The summed E-state index contributed by atoms with van der Waals surface area (Å²) in [5, 5.41) is 8.96. The highest BCUT2D eigenvalue weighted by Gasteiger charge is 2.24. The molecule has 4 nitrogen and oxygen atoms in total. The maximum Gasteiger partial charge on any atom is 0.306 e. The molecule has 0 bridgehead atoms. The third-order valence-electron chi connectivity index (χ3n) is 3.61. The van der Waals surface area contributed by atoms with Gasteiger partial charge in [0.05, 0.1) is 5.92 Å². The van der Waals surface area contributed by atoms with E-state index in [-0.39, 0.29) is 5.92 Å². The van der Waals surface area contributed by atoms with Crippen molar-refractivity contribution < 1.29 is 9.90 Å². The average molecular weight is 248 g/mol. The lowest BCUT2D eigenvalue weighted by molar-refractivity contribution is -0.142. The predicted molar refractivity (Wildman–Crippen MR) is 70.9 cm³/mol. The van der Waals surface area contributed by atoms with Gasteiger partial charge in [-0.2, -0.15) is 0 Å². The van der Waals surface area contributed by atoms with E-state index >= 15 is 0 Å². The zero-order valence-electron chi connectivity index (χ0n) is 11.0. The first-order valence-electron chi connectivity index (χ1n) is 6.51. The quantitative estimate of drug-likeness (QED) is 0.893. The number of carboxylic acids is 1. The zero-order valence-corrected chi connectivity index (χ0v) is 11.0. The van der Waals surface area contributed by atoms with Crippen LogP contribution in [0.2, 0.25) is 0 Å². The molecule has 1 aromatic heterocycles. The second kappa shape index (κ2) is 5.38. The van der Waals surface area contributed by atoms with Gasteiger partial charge in [0.2, 0.25) is 0 Å². The summed E-state index contributed by atoms with van der Waals surface area (Å²) < 4.78 is 0. The molecule has 0 saturated carbocycles. The van der Waals surface area contributed by atoms with Gasteiger partial charge in [-0.1, -0.05) is 19.9 Å². The van der Waals surface area contributed by atoms with Gasteiger partial charge in [-0.3, -0.25) is 4.79 Å². The van der Waals surface area contributed by atoms with E-state index in [1.807, 2.05) is 12.3 Å². The lowest BCUT2D eigenvalue weighted by Gasteiger charge is -2.31. The summed E-state index contributed by atoms with van der Waals surface area (Å²) in [6, 6.07) is 4.15. The SMILES string of the molecule is CC(C)c1ccc(N2CCC(C(=O)O)CC2)nc1. The summed E-state index contributed by atoms with van der Waals surface area (Å²) in [6.07, 6.45) is 3.34. The minimum atomic E-state index is -0.669. The molecule has 0 spiro atoms. The first kappa shape index (κ1) is 12.9. The van der Waals surface area contributed by atoms with E-state index in [0.29, 0.717) is 18.8 Å². The second-order valence-electron chi connectivity index (χ2n) is 5.20. The van der Waals surface area contributed by atoms with E-state index in [1.54, 1.807) is 0 Å². The lowest BCUT2D eigenvalue weighted by atomic mass is 9.97. The van der Waals surface area contributed by atoms with Crippen LogP contribution in [0.5, 0.6) is 0 Å². The Morgan fingerprint density at radius 3 is 2.50 bits per heavy atom. The number of nitrogens with zero attached hydrogens (tertiary/aromatic N) is 2. The molecule has 2 heterocycles. The lowest BCUT2D eigenvalue weighted by Crippen LogP contribution is -2.36. The molecule has 1 aromatic rings. The summed E-state index contributed by atoms with van der Waals surface area (Å²) in [7, 11) is 0. The summed E-state index contributed by atoms with van der Waals surface area (Å²) in [5.74, 6) is 0.599. The number of piperidine rings is 1. The number of carboxylic acid groups (broad SMARTS) is 1. The van der Waals surface area contributed by atoms with Gasteiger partial charge in [-0.15, -0.1) is 0 Å². The fourth-order valence-electron chi connectivity index (χ4n) is 2.28. The maximum atomic E-state index is 10.9. The number of hydrogen-bond donors (Lipinski definition) is 1. The minimum absolute atomic E-state index is 0.184. The van der Waals surface area contributed by atoms with Crippen LogP contribution in [0, 0.1) is 5.92 Å². The van der Waals surface area contributed by atoms with Gasteiger partial charge in [0.25, 0.3) is 0 Å². The van der Waals surface area contributed by atoms with Crippen molar-refractivity contribution in [2.45, 2.75) is 32.6 Å². The highest BCUT2D eigenvalue weighted by Crippen LogP contribution is 2.23. The Hall–Kier alpha value is -1.58. The van der Waals surface area contributed by atoms with Gasteiger partial charge >= 0.3 is 5.97 Å². The molecule has 0 atom stereocenters. The number of anilines is 1. The predicted octanol–water partition coefficient (Wildman–Crippen LogP) is 2.51. The van der Waals surface area contributed by atoms with Crippen LogP contribution in [0.1, 0.15) is 38.2 Å². The third kappa shape index (κ3) is 2.81. The van der Waals surface area contributed by atoms with Crippen LogP contribution in [-0.2, 0) is 4.79 Å². The summed E-state index contributed by atoms with van der Waals surface area (Å²) in [5.41, 5.74) is 1.24. The summed E-state index contributed by atoms with van der Waals surface area (Å²) in [4.78, 5) is 17.5. The number of rotatable bonds is 3. The monoisotopic (exact) mass is 248 g/mol. The van der Waals surface area contributed by atoms with Gasteiger partial charge in [0.15, 0.2) is 0 Å². The molecule has 0 unspecified atom stereocenters. The van der Waals surface area contributed by atoms with Crippen molar-refractivity contribution in [1.29, 1.82) is 0 Å². The Morgan fingerprint density at radius 2 is 2.06 bits per heavy atom. The summed E-state index contributed by atoms with van der Waals surface area (Å²) in [6.45, 7) is 5.86. The van der Waals surface area contributed by atoms with Crippen LogP contribution in [0.25, 0.3) is 0 Å². The van der Waals surface area contributed by atoms with E-state index < -0.39 is 5.97 Å². The molecule has 0 amide bonds. The normalized spacial score (nSPS) is 17.2. The largest absolute Gasteiger partial charge is 0.481 e. The molecule has 98 valence electrons. The Kier molecular flexibility index (Phi) is 3.84.